The Morgan fingerprint density at radius 1 is 1.75 bits per heavy atom. The molecule has 1 N–H and O–H groups in total. The molecule has 1 aromatic heterocycles. The predicted molar refractivity (Wildman–Crippen MR) is 40.9 cm³/mol. The first-order valence-corrected chi connectivity index (χ1v) is 3.85. The van der Waals surface area contributed by atoms with E-state index in [1.165, 1.54) is 4.88 Å². The highest BCUT2D eigenvalue weighted by molar-refractivity contribution is 7.14. The van der Waals surface area contributed by atoms with E-state index in [2.05, 4.69) is 32.0 Å². The fraction of sp³-hybridized carbons (Fsp3) is 0.200. The molecule has 0 bridgehead atoms. The largest absolute Gasteiger partial charge is 0.296 e. The van der Waals surface area contributed by atoms with E-state index in [9.17, 15) is 0 Å². The van der Waals surface area contributed by atoms with E-state index >= 15 is 0 Å². The number of hydrogen-bond donors (Lipinski definition) is 1. The van der Waals surface area contributed by atoms with Crippen LogP contribution in [-0.2, 0) is 6.54 Å². The van der Waals surface area contributed by atoms with Crippen LogP contribution in [0.25, 0.3) is 0 Å². The lowest BCUT2D eigenvalue weighted by Gasteiger charge is -1.89. The molecule has 3 heteroatoms. The highest BCUT2D eigenvalue weighted by Crippen LogP contribution is 2.07. The average Bonchev–Trinajstić information content (AvgIpc) is 2.19. The third-order valence-electron chi connectivity index (χ3n) is 0.856. The van der Waals surface area contributed by atoms with Crippen LogP contribution in [0.1, 0.15) is 4.88 Å². The Morgan fingerprint density at radius 3 is 3.12 bits per heavy atom. The summed E-state index contributed by atoms with van der Waals surface area (Å²) in [4.78, 5) is 1.38. The highest BCUT2D eigenvalue weighted by Gasteiger charge is 1.86. The van der Waals surface area contributed by atoms with Crippen LogP contribution >= 0.6 is 20.7 Å². The van der Waals surface area contributed by atoms with Gasteiger partial charge in [0.25, 0.3) is 0 Å². The quantitative estimate of drug-likeness (QED) is 0.623. The van der Waals surface area contributed by atoms with Gasteiger partial charge in [0.1, 0.15) is 0 Å². The Bertz CT molecular complexity index is 138. The van der Waals surface area contributed by atoms with E-state index < -0.39 is 0 Å². The Labute approximate surface area is 55.4 Å². The number of rotatable bonds is 2. The molecule has 0 aliphatic heterocycles. The Hall–Kier alpha value is 0.0900. The Kier molecular flexibility index (Phi) is 2.47. The van der Waals surface area contributed by atoms with Crippen molar-refractivity contribution in [2.45, 2.75) is 6.54 Å². The molecule has 0 saturated carbocycles. The van der Waals surface area contributed by atoms with Gasteiger partial charge in [0, 0.05) is 11.4 Å². The van der Waals surface area contributed by atoms with Gasteiger partial charge in [0.05, 0.1) is 0 Å². The number of hydrogen-bond acceptors (Lipinski definition) is 2. The summed E-state index contributed by atoms with van der Waals surface area (Å²) in [5, 5.41) is 5.08. The molecule has 0 aliphatic carbocycles. The van der Waals surface area contributed by atoms with Gasteiger partial charge in [-0.1, -0.05) is 15.5 Å². The first-order chi connectivity index (χ1) is 3.93. The molecule has 0 spiro atoms. The summed E-state index contributed by atoms with van der Waals surface area (Å²) in [6.45, 7) is 0.961. The SMILES string of the molecule is PNCc1cccs1. The van der Waals surface area contributed by atoms with Crippen LogP contribution in [0.3, 0.4) is 0 Å². The molecule has 0 radical (unpaired) electrons. The summed E-state index contributed by atoms with van der Waals surface area (Å²) in [6, 6.07) is 4.17. The molecule has 1 nitrogen and oxygen atoms in total. The monoisotopic (exact) mass is 145 g/mol. The fourth-order valence-corrected chi connectivity index (χ4v) is 1.54. The molecular formula is C5H8NPS. The number of thiophene rings is 1. The van der Waals surface area contributed by atoms with Crippen molar-refractivity contribution >= 4 is 20.7 Å². The zero-order valence-electron chi connectivity index (χ0n) is 4.42. The van der Waals surface area contributed by atoms with Gasteiger partial charge in [-0.15, -0.1) is 11.3 Å². The Balaban J connectivity index is 2.50. The van der Waals surface area contributed by atoms with Crippen molar-refractivity contribution in [3.8, 4) is 0 Å². The molecule has 1 unspecified atom stereocenters. The highest BCUT2D eigenvalue weighted by atomic mass is 32.1. The predicted octanol–water partition coefficient (Wildman–Crippen LogP) is 1.63. The summed E-state index contributed by atoms with van der Waals surface area (Å²) in [6.07, 6.45) is 0. The van der Waals surface area contributed by atoms with E-state index in [-0.39, 0.29) is 0 Å². The molecule has 0 saturated heterocycles. The van der Waals surface area contributed by atoms with Crippen LogP contribution in [0.2, 0.25) is 0 Å². The minimum Gasteiger partial charge on any atom is -0.296 e. The zero-order valence-corrected chi connectivity index (χ0v) is 6.40. The van der Waals surface area contributed by atoms with Gasteiger partial charge in [0.15, 0.2) is 0 Å². The maximum absolute atomic E-state index is 3.00. The van der Waals surface area contributed by atoms with Crippen molar-refractivity contribution in [2.75, 3.05) is 0 Å². The Morgan fingerprint density at radius 2 is 2.62 bits per heavy atom. The summed E-state index contributed by atoms with van der Waals surface area (Å²) in [5.74, 6) is 0. The molecule has 0 aliphatic rings. The van der Waals surface area contributed by atoms with Crippen LogP contribution in [-0.4, -0.2) is 0 Å². The van der Waals surface area contributed by atoms with Crippen molar-refractivity contribution in [3.63, 3.8) is 0 Å². The minimum absolute atomic E-state index is 0.961. The lowest BCUT2D eigenvalue weighted by molar-refractivity contribution is 1.00. The zero-order chi connectivity index (χ0) is 5.82. The normalized spacial score (nSPS) is 9.62. The summed E-state index contributed by atoms with van der Waals surface area (Å²) < 4.78 is 0. The minimum atomic E-state index is 0.961. The van der Waals surface area contributed by atoms with Crippen molar-refractivity contribution in [1.29, 1.82) is 0 Å². The second-order valence-corrected chi connectivity index (χ2v) is 2.90. The second kappa shape index (κ2) is 3.18. The standard InChI is InChI=1S/C5H8NPS/c7-6-4-5-2-1-3-8-5/h1-3,6H,4,7H2. The van der Waals surface area contributed by atoms with E-state index in [1.807, 2.05) is 0 Å². The molecule has 0 fully saturated rings. The van der Waals surface area contributed by atoms with Gasteiger partial charge in [-0.25, -0.2) is 0 Å². The fourth-order valence-electron chi connectivity index (χ4n) is 0.514. The smallest absolute Gasteiger partial charge is 0.0331 e. The molecular weight excluding hydrogens is 137 g/mol. The first kappa shape index (κ1) is 6.21. The van der Waals surface area contributed by atoms with Gasteiger partial charge in [-0.2, -0.15) is 0 Å². The second-order valence-electron chi connectivity index (χ2n) is 1.46. The van der Waals surface area contributed by atoms with Crippen molar-refractivity contribution in [3.05, 3.63) is 22.4 Å². The molecule has 8 heavy (non-hydrogen) atoms. The van der Waals surface area contributed by atoms with Gasteiger partial charge in [-0.3, -0.25) is 5.09 Å². The molecule has 0 amide bonds. The van der Waals surface area contributed by atoms with Crippen LogP contribution in [0, 0.1) is 0 Å². The van der Waals surface area contributed by atoms with E-state index in [4.69, 9.17) is 0 Å². The van der Waals surface area contributed by atoms with Crippen LogP contribution in [0.15, 0.2) is 17.5 Å². The van der Waals surface area contributed by atoms with Gasteiger partial charge < -0.3 is 0 Å². The van der Waals surface area contributed by atoms with Crippen molar-refractivity contribution in [2.24, 2.45) is 0 Å². The first-order valence-electron chi connectivity index (χ1n) is 2.39. The lowest BCUT2D eigenvalue weighted by atomic mass is 10.5. The van der Waals surface area contributed by atoms with Gasteiger partial charge in [-0.05, 0) is 11.4 Å². The summed E-state index contributed by atoms with van der Waals surface area (Å²) in [5.41, 5.74) is 0. The van der Waals surface area contributed by atoms with E-state index in [1.54, 1.807) is 11.3 Å². The molecule has 1 heterocycles. The van der Waals surface area contributed by atoms with E-state index in [0.29, 0.717) is 0 Å². The third kappa shape index (κ3) is 1.55. The average molecular weight is 145 g/mol. The molecule has 0 aromatic carbocycles. The van der Waals surface area contributed by atoms with Crippen molar-refractivity contribution < 1.29 is 0 Å². The van der Waals surface area contributed by atoms with Gasteiger partial charge in [0.2, 0.25) is 0 Å². The molecule has 1 aromatic rings. The molecule has 44 valence electrons. The maximum atomic E-state index is 3.00. The van der Waals surface area contributed by atoms with Crippen LogP contribution in [0.5, 0.6) is 0 Å². The van der Waals surface area contributed by atoms with Crippen LogP contribution < -0.4 is 5.09 Å². The van der Waals surface area contributed by atoms with E-state index in [0.717, 1.165) is 6.54 Å². The summed E-state index contributed by atoms with van der Waals surface area (Å²) in [7, 11) is 2.48. The summed E-state index contributed by atoms with van der Waals surface area (Å²) >= 11 is 1.77. The van der Waals surface area contributed by atoms with Crippen LogP contribution in [0.4, 0.5) is 0 Å². The topological polar surface area (TPSA) is 12.0 Å². The third-order valence-corrected chi connectivity index (χ3v) is 1.94. The molecule has 1 atom stereocenters. The maximum Gasteiger partial charge on any atom is 0.0331 e. The molecule has 1 rings (SSSR count). The lowest BCUT2D eigenvalue weighted by Crippen LogP contribution is -1.92. The van der Waals surface area contributed by atoms with Gasteiger partial charge >= 0.3 is 0 Å². The van der Waals surface area contributed by atoms with Crippen molar-refractivity contribution in [1.82, 2.24) is 5.09 Å². The number of nitrogens with one attached hydrogen (secondary N) is 1.